The van der Waals surface area contributed by atoms with E-state index in [0.717, 1.165) is 0 Å². The molecule has 1 aromatic rings. The minimum absolute atomic E-state index is 0.301. The van der Waals surface area contributed by atoms with Crippen LogP contribution in [0.4, 0.5) is 0 Å². The first-order valence-electron chi connectivity index (χ1n) is 2.39. The van der Waals surface area contributed by atoms with Crippen molar-refractivity contribution in [1.82, 2.24) is 0 Å². The summed E-state index contributed by atoms with van der Waals surface area (Å²) in [7, 11) is 0. The summed E-state index contributed by atoms with van der Waals surface area (Å²) in [6.07, 6.45) is 0. The third-order valence-corrected chi connectivity index (χ3v) is 2.96. The van der Waals surface area contributed by atoms with Gasteiger partial charge in [0, 0.05) is 0 Å². The summed E-state index contributed by atoms with van der Waals surface area (Å²) in [4.78, 5) is 0. The summed E-state index contributed by atoms with van der Waals surface area (Å²) >= 11 is 0.301. The third kappa shape index (κ3) is 1.45. The summed E-state index contributed by atoms with van der Waals surface area (Å²) in [6.45, 7) is 0. The molecule has 0 N–H and O–H groups in total. The molecule has 0 heterocycles. The molecular weight excluding hydrogens is 279 g/mol. The van der Waals surface area contributed by atoms with Crippen molar-refractivity contribution < 1.29 is 18.6 Å². The fourth-order valence-corrected chi connectivity index (χ4v) is 1.70. The van der Waals surface area contributed by atoms with Gasteiger partial charge in [-0.3, -0.25) is 0 Å². The molecule has 0 saturated carbocycles. The van der Waals surface area contributed by atoms with Crippen LogP contribution in [0.2, 0.25) is 5.31 Å². The fourth-order valence-electron chi connectivity index (χ4n) is 0.508. The Bertz CT molecular complexity index is 146. The van der Waals surface area contributed by atoms with Gasteiger partial charge in [0.05, 0.1) is 0 Å². The maximum absolute atomic E-state index is 2.27. The predicted molar refractivity (Wildman–Crippen MR) is 31.9 cm³/mol. The van der Waals surface area contributed by atoms with E-state index in [4.69, 9.17) is 0 Å². The van der Waals surface area contributed by atoms with Crippen LogP contribution in [0.5, 0.6) is 0 Å². The van der Waals surface area contributed by atoms with Gasteiger partial charge in [-0.2, -0.15) is 0 Å². The van der Waals surface area contributed by atoms with Crippen LogP contribution >= 0.6 is 0 Å². The zero-order valence-corrected chi connectivity index (χ0v) is 6.98. The molecule has 0 nitrogen and oxygen atoms in total. The Morgan fingerprint density at radius 3 is 2.12 bits per heavy atom. The van der Waals surface area contributed by atoms with E-state index in [-0.39, 0.29) is 0 Å². The van der Waals surface area contributed by atoms with E-state index >= 15 is 0 Å². The Morgan fingerprint density at radius 2 is 1.75 bits per heavy atom. The second kappa shape index (κ2) is 3.04. The molecule has 0 aliphatic heterocycles. The van der Waals surface area contributed by atoms with E-state index < -0.39 is 0 Å². The summed E-state index contributed by atoms with van der Waals surface area (Å²) in [6, 6.07) is 10.6. The van der Waals surface area contributed by atoms with Crippen molar-refractivity contribution in [3.05, 3.63) is 30.3 Å². The zero-order valence-electron chi connectivity index (χ0n) is 4.70. The van der Waals surface area contributed by atoms with Gasteiger partial charge in [-0.05, 0) is 0 Å². The second-order valence-corrected chi connectivity index (χ2v) is 3.87. The van der Waals surface area contributed by atoms with Crippen LogP contribution in [0.25, 0.3) is 0 Å². The SMILES string of the molecule is [CH3][Pt][c]1ccccc1. The second-order valence-electron chi connectivity index (χ2n) is 1.42. The van der Waals surface area contributed by atoms with Gasteiger partial charge in [-0.15, -0.1) is 0 Å². The van der Waals surface area contributed by atoms with Crippen molar-refractivity contribution in [3.8, 4) is 0 Å². The Kier molecular flexibility index (Phi) is 2.29. The number of rotatable bonds is 1. The molecule has 0 radical (unpaired) electrons. The van der Waals surface area contributed by atoms with Crippen LogP contribution in [0.15, 0.2) is 30.3 Å². The topological polar surface area (TPSA) is 0 Å². The average molecular weight is 287 g/mol. The standard InChI is InChI=1S/C6H5.CH3.Pt/c1-2-4-6-5-3-1;;/h1-5H;1H3;. The number of benzene rings is 1. The van der Waals surface area contributed by atoms with E-state index in [2.05, 4.69) is 35.6 Å². The summed E-state index contributed by atoms with van der Waals surface area (Å²) in [5, 5.41) is 2.27. The molecule has 1 rings (SSSR count). The van der Waals surface area contributed by atoms with Crippen LogP contribution in [0.1, 0.15) is 0 Å². The normalized spacial score (nSPS) is 9.62. The molecular formula is C7H8Pt. The maximum atomic E-state index is 2.27. The van der Waals surface area contributed by atoms with Gasteiger partial charge in [0.2, 0.25) is 0 Å². The fraction of sp³-hybridized carbons (Fsp3) is 0.143. The van der Waals surface area contributed by atoms with Crippen LogP contribution in [-0.4, -0.2) is 0 Å². The Morgan fingerprint density at radius 1 is 1.12 bits per heavy atom. The third-order valence-electron chi connectivity index (χ3n) is 0.895. The molecule has 8 heavy (non-hydrogen) atoms. The molecule has 0 aromatic heterocycles. The van der Waals surface area contributed by atoms with Crippen molar-refractivity contribution in [2.45, 2.75) is 5.31 Å². The van der Waals surface area contributed by atoms with Crippen molar-refractivity contribution in [3.63, 3.8) is 0 Å². The van der Waals surface area contributed by atoms with E-state index in [1.165, 1.54) is 3.95 Å². The minimum atomic E-state index is 0.301. The van der Waals surface area contributed by atoms with Gasteiger partial charge < -0.3 is 0 Å². The van der Waals surface area contributed by atoms with Gasteiger partial charge in [0.25, 0.3) is 0 Å². The molecule has 0 saturated heterocycles. The first-order chi connectivity index (χ1) is 3.93. The van der Waals surface area contributed by atoms with Gasteiger partial charge >= 0.3 is 58.2 Å². The molecule has 0 aliphatic carbocycles. The van der Waals surface area contributed by atoms with Crippen LogP contribution in [0.3, 0.4) is 0 Å². The summed E-state index contributed by atoms with van der Waals surface area (Å²) < 4.78 is 1.52. The predicted octanol–water partition coefficient (Wildman–Crippen LogP) is 1.44. The van der Waals surface area contributed by atoms with Gasteiger partial charge in [0.15, 0.2) is 0 Å². The van der Waals surface area contributed by atoms with Crippen molar-refractivity contribution in [1.29, 1.82) is 0 Å². The molecule has 0 atom stereocenters. The molecule has 1 heteroatoms. The van der Waals surface area contributed by atoms with Crippen molar-refractivity contribution in [2.24, 2.45) is 0 Å². The van der Waals surface area contributed by atoms with E-state index in [1.807, 2.05) is 0 Å². The summed E-state index contributed by atoms with van der Waals surface area (Å²) in [5.74, 6) is 0. The van der Waals surface area contributed by atoms with Crippen molar-refractivity contribution >= 4 is 3.95 Å². The monoisotopic (exact) mass is 287 g/mol. The molecule has 1 aromatic carbocycles. The molecule has 0 bridgehead atoms. The van der Waals surface area contributed by atoms with E-state index in [1.54, 1.807) is 0 Å². The Balaban J connectivity index is 2.83. The quantitative estimate of drug-likeness (QED) is 0.733. The van der Waals surface area contributed by atoms with E-state index in [0.29, 0.717) is 18.6 Å². The first-order valence-corrected chi connectivity index (χ1v) is 5.79. The van der Waals surface area contributed by atoms with Crippen molar-refractivity contribution in [2.75, 3.05) is 0 Å². The van der Waals surface area contributed by atoms with Crippen LogP contribution in [-0.2, 0) is 18.6 Å². The Labute approximate surface area is 58.5 Å². The summed E-state index contributed by atoms with van der Waals surface area (Å²) in [5.41, 5.74) is 0. The molecule has 0 fully saturated rings. The zero-order chi connectivity index (χ0) is 5.82. The average Bonchev–Trinajstić information content (AvgIpc) is 1.90. The molecule has 0 amide bonds. The van der Waals surface area contributed by atoms with Crippen LogP contribution < -0.4 is 3.95 Å². The molecule has 0 unspecified atom stereocenters. The van der Waals surface area contributed by atoms with Gasteiger partial charge in [-0.1, -0.05) is 0 Å². The van der Waals surface area contributed by atoms with E-state index in [9.17, 15) is 0 Å². The number of hydrogen-bond acceptors (Lipinski definition) is 0. The first kappa shape index (κ1) is 6.03. The molecule has 46 valence electrons. The van der Waals surface area contributed by atoms with Gasteiger partial charge in [0.1, 0.15) is 0 Å². The van der Waals surface area contributed by atoms with Gasteiger partial charge in [-0.25, -0.2) is 0 Å². The molecule has 0 spiro atoms. The molecule has 0 aliphatic rings. The number of hydrogen-bond donors (Lipinski definition) is 0. The van der Waals surface area contributed by atoms with Crippen LogP contribution in [0, 0.1) is 0 Å². The Hall–Kier alpha value is -0.0917.